The topological polar surface area (TPSA) is 48.7 Å². The van der Waals surface area contributed by atoms with Crippen LogP contribution in [0.5, 0.6) is 11.5 Å². The highest BCUT2D eigenvalue weighted by atomic mass is 35.5. The van der Waals surface area contributed by atoms with Gasteiger partial charge in [0.15, 0.2) is 23.5 Å². The van der Waals surface area contributed by atoms with Crippen molar-refractivity contribution >= 4 is 17.9 Å². The highest BCUT2D eigenvalue weighted by Crippen LogP contribution is 2.45. The molecule has 2 aromatic rings. The predicted octanol–water partition coefficient (Wildman–Crippen LogP) is 3.14. The molecular formula is C12H7ClO4. The zero-order valence-corrected chi connectivity index (χ0v) is 9.36. The molecule has 1 aromatic heterocycles. The summed E-state index contributed by atoms with van der Waals surface area (Å²) < 4.78 is 15.9. The predicted molar refractivity (Wildman–Crippen MR) is 60.7 cm³/mol. The van der Waals surface area contributed by atoms with Gasteiger partial charge in [0.05, 0.1) is 10.6 Å². The molecule has 1 aromatic carbocycles. The highest BCUT2D eigenvalue weighted by Gasteiger charge is 2.23. The summed E-state index contributed by atoms with van der Waals surface area (Å²) in [6.45, 7) is 0.157. The van der Waals surface area contributed by atoms with Gasteiger partial charge < -0.3 is 13.9 Å². The van der Waals surface area contributed by atoms with Crippen molar-refractivity contribution in [1.29, 1.82) is 0 Å². The zero-order valence-electron chi connectivity index (χ0n) is 8.60. The summed E-state index contributed by atoms with van der Waals surface area (Å²) in [6, 6.07) is 6.69. The van der Waals surface area contributed by atoms with Crippen LogP contribution in [0.3, 0.4) is 0 Å². The van der Waals surface area contributed by atoms with E-state index >= 15 is 0 Å². The van der Waals surface area contributed by atoms with Gasteiger partial charge in [0.25, 0.3) is 0 Å². The van der Waals surface area contributed by atoms with Gasteiger partial charge in [-0.1, -0.05) is 11.6 Å². The van der Waals surface area contributed by atoms with Gasteiger partial charge in [-0.25, -0.2) is 0 Å². The van der Waals surface area contributed by atoms with Crippen LogP contribution in [0.15, 0.2) is 28.7 Å². The number of furan rings is 1. The molecule has 86 valence electrons. The fourth-order valence-electron chi connectivity index (χ4n) is 1.73. The third-order valence-corrected chi connectivity index (χ3v) is 2.79. The van der Waals surface area contributed by atoms with Crippen molar-refractivity contribution in [1.82, 2.24) is 0 Å². The van der Waals surface area contributed by atoms with Gasteiger partial charge in [-0.05, 0) is 24.3 Å². The Morgan fingerprint density at radius 1 is 1.18 bits per heavy atom. The lowest BCUT2D eigenvalue weighted by Crippen LogP contribution is -1.93. The van der Waals surface area contributed by atoms with Crippen molar-refractivity contribution in [3.8, 4) is 22.8 Å². The Hall–Kier alpha value is -1.94. The number of hydrogen-bond acceptors (Lipinski definition) is 4. The summed E-state index contributed by atoms with van der Waals surface area (Å²) in [5.74, 6) is 1.89. The van der Waals surface area contributed by atoms with Gasteiger partial charge in [0.2, 0.25) is 6.79 Å². The number of aldehydes is 1. The van der Waals surface area contributed by atoms with E-state index in [-0.39, 0.29) is 12.6 Å². The Balaban J connectivity index is 2.19. The monoisotopic (exact) mass is 250 g/mol. The summed E-state index contributed by atoms with van der Waals surface area (Å²) in [4.78, 5) is 10.6. The van der Waals surface area contributed by atoms with E-state index in [1.54, 1.807) is 24.3 Å². The SMILES string of the molecule is O=Cc1ccc(-c2c(Cl)ccc3c2OCO3)o1. The van der Waals surface area contributed by atoms with Gasteiger partial charge in [-0.15, -0.1) is 0 Å². The van der Waals surface area contributed by atoms with Gasteiger partial charge in [-0.3, -0.25) is 4.79 Å². The van der Waals surface area contributed by atoms with Crippen molar-refractivity contribution < 1.29 is 18.7 Å². The Morgan fingerprint density at radius 3 is 2.82 bits per heavy atom. The van der Waals surface area contributed by atoms with Crippen LogP contribution >= 0.6 is 11.6 Å². The van der Waals surface area contributed by atoms with Crippen LogP contribution in [0, 0.1) is 0 Å². The molecule has 0 aliphatic carbocycles. The zero-order chi connectivity index (χ0) is 11.8. The lowest BCUT2D eigenvalue weighted by Gasteiger charge is -2.05. The second-order valence-electron chi connectivity index (χ2n) is 3.48. The maximum Gasteiger partial charge on any atom is 0.231 e. The van der Waals surface area contributed by atoms with Gasteiger partial charge in [-0.2, -0.15) is 0 Å². The average Bonchev–Trinajstić information content (AvgIpc) is 2.96. The summed E-state index contributed by atoms with van der Waals surface area (Å²) in [5.41, 5.74) is 0.606. The Kier molecular flexibility index (Phi) is 2.30. The lowest BCUT2D eigenvalue weighted by atomic mass is 10.1. The summed E-state index contributed by atoms with van der Waals surface area (Å²) >= 11 is 6.11. The number of rotatable bonds is 2. The van der Waals surface area contributed by atoms with Crippen molar-refractivity contribution in [3.05, 3.63) is 35.0 Å². The lowest BCUT2D eigenvalue weighted by molar-refractivity contribution is 0.110. The van der Waals surface area contributed by atoms with E-state index in [1.165, 1.54) is 0 Å². The highest BCUT2D eigenvalue weighted by molar-refractivity contribution is 6.33. The number of benzene rings is 1. The Bertz CT molecular complexity index is 588. The third kappa shape index (κ3) is 1.57. The molecule has 0 saturated heterocycles. The molecule has 5 heteroatoms. The molecule has 2 heterocycles. The first-order chi connectivity index (χ1) is 8.29. The summed E-state index contributed by atoms with van der Waals surface area (Å²) in [5, 5.41) is 0.487. The van der Waals surface area contributed by atoms with Gasteiger partial charge in [0, 0.05) is 0 Å². The number of hydrogen-bond donors (Lipinski definition) is 0. The molecule has 0 N–H and O–H groups in total. The van der Waals surface area contributed by atoms with Crippen LogP contribution < -0.4 is 9.47 Å². The molecule has 0 bridgehead atoms. The van der Waals surface area contributed by atoms with Gasteiger partial charge in [0.1, 0.15) is 5.76 Å². The minimum atomic E-state index is 0.157. The second kappa shape index (κ2) is 3.82. The molecule has 0 atom stereocenters. The van der Waals surface area contributed by atoms with Crippen molar-refractivity contribution in [2.45, 2.75) is 0 Å². The first-order valence-corrected chi connectivity index (χ1v) is 5.31. The Morgan fingerprint density at radius 2 is 2.06 bits per heavy atom. The molecule has 0 spiro atoms. The van der Waals surface area contributed by atoms with Crippen LogP contribution in [0.1, 0.15) is 10.6 Å². The molecule has 0 saturated carbocycles. The largest absolute Gasteiger partial charge is 0.454 e. The Labute approximate surface area is 102 Å². The smallest absolute Gasteiger partial charge is 0.231 e. The molecule has 0 radical (unpaired) electrons. The molecule has 1 aliphatic rings. The maximum atomic E-state index is 10.6. The van der Waals surface area contributed by atoms with Crippen LogP contribution in [-0.2, 0) is 0 Å². The van der Waals surface area contributed by atoms with Crippen molar-refractivity contribution in [2.75, 3.05) is 6.79 Å². The fourth-order valence-corrected chi connectivity index (χ4v) is 1.97. The summed E-state index contributed by atoms with van der Waals surface area (Å²) in [7, 11) is 0. The minimum absolute atomic E-state index is 0.157. The minimum Gasteiger partial charge on any atom is -0.454 e. The van der Waals surface area contributed by atoms with E-state index in [9.17, 15) is 4.79 Å². The molecule has 1 aliphatic heterocycles. The number of carbonyl (C=O) groups excluding carboxylic acids is 1. The number of halogens is 1. The first kappa shape index (κ1) is 10.2. The molecule has 3 rings (SSSR count). The molecule has 0 fully saturated rings. The quantitative estimate of drug-likeness (QED) is 0.769. The third-order valence-electron chi connectivity index (χ3n) is 2.48. The molecule has 4 nitrogen and oxygen atoms in total. The van der Waals surface area contributed by atoms with Crippen molar-refractivity contribution in [2.24, 2.45) is 0 Å². The van der Waals surface area contributed by atoms with E-state index in [2.05, 4.69) is 0 Å². The van der Waals surface area contributed by atoms with Crippen LogP contribution in [0.25, 0.3) is 11.3 Å². The normalized spacial score (nSPS) is 12.8. The second-order valence-corrected chi connectivity index (χ2v) is 3.88. The van der Waals surface area contributed by atoms with Gasteiger partial charge >= 0.3 is 0 Å². The standard InChI is InChI=1S/C12H7ClO4/c13-8-2-4-10-12(16-6-15-10)11(8)9-3-1-7(5-14)17-9/h1-5H,6H2. The fraction of sp³-hybridized carbons (Fsp3) is 0.0833. The van der Waals surface area contributed by atoms with Crippen molar-refractivity contribution in [3.63, 3.8) is 0 Å². The molecular weight excluding hydrogens is 244 g/mol. The van der Waals surface area contributed by atoms with E-state index < -0.39 is 0 Å². The van der Waals surface area contributed by atoms with E-state index in [4.69, 9.17) is 25.5 Å². The first-order valence-electron chi connectivity index (χ1n) is 4.93. The molecule has 0 amide bonds. The van der Waals surface area contributed by atoms with E-state index in [0.29, 0.717) is 34.1 Å². The van der Waals surface area contributed by atoms with E-state index in [1.807, 2.05) is 0 Å². The maximum absolute atomic E-state index is 10.6. The number of carbonyl (C=O) groups is 1. The molecule has 17 heavy (non-hydrogen) atoms. The van der Waals surface area contributed by atoms with E-state index in [0.717, 1.165) is 0 Å². The average molecular weight is 251 g/mol. The van der Waals surface area contributed by atoms with Crippen LogP contribution in [-0.4, -0.2) is 13.1 Å². The molecule has 0 unspecified atom stereocenters. The summed E-state index contributed by atoms with van der Waals surface area (Å²) in [6.07, 6.45) is 0.637. The van der Waals surface area contributed by atoms with Crippen LogP contribution in [0.4, 0.5) is 0 Å². The number of ether oxygens (including phenoxy) is 2. The number of fused-ring (bicyclic) bond motifs is 1. The van der Waals surface area contributed by atoms with Crippen LogP contribution in [0.2, 0.25) is 5.02 Å².